The van der Waals surface area contributed by atoms with Gasteiger partial charge >= 0.3 is 5.97 Å². The van der Waals surface area contributed by atoms with Gasteiger partial charge in [0.15, 0.2) is 5.69 Å². The van der Waals surface area contributed by atoms with Crippen LogP contribution in [-0.4, -0.2) is 33.6 Å². The van der Waals surface area contributed by atoms with E-state index in [-0.39, 0.29) is 29.6 Å². The van der Waals surface area contributed by atoms with Crippen LogP contribution in [0.4, 0.5) is 5.82 Å². The minimum Gasteiger partial charge on any atom is -0.510 e. The van der Waals surface area contributed by atoms with Crippen molar-refractivity contribution in [3.63, 3.8) is 0 Å². The first-order chi connectivity index (χ1) is 8.97. The van der Waals surface area contributed by atoms with Crippen molar-refractivity contribution in [2.45, 2.75) is 13.8 Å². The van der Waals surface area contributed by atoms with Crippen LogP contribution in [0, 0.1) is 0 Å². The SMILES string of the molecule is CCOC(=O)C(N=Nc1nc[nH]c1C(N)=O)=C(C)O. The van der Waals surface area contributed by atoms with E-state index in [2.05, 4.69) is 24.9 Å². The van der Waals surface area contributed by atoms with Gasteiger partial charge in [-0.1, -0.05) is 0 Å². The summed E-state index contributed by atoms with van der Waals surface area (Å²) in [5, 5.41) is 16.4. The third kappa shape index (κ3) is 3.63. The Hall–Kier alpha value is -2.71. The van der Waals surface area contributed by atoms with Crippen LogP contribution < -0.4 is 5.73 Å². The summed E-state index contributed by atoms with van der Waals surface area (Å²) in [5.41, 5.74) is 4.64. The van der Waals surface area contributed by atoms with Crippen molar-refractivity contribution < 1.29 is 19.4 Å². The first kappa shape index (κ1) is 14.4. The number of rotatable bonds is 5. The maximum atomic E-state index is 11.4. The number of ether oxygens (including phenoxy) is 1. The van der Waals surface area contributed by atoms with Gasteiger partial charge in [0.2, 0.25) is 11.5 Å². The number of amides is 1. The van der Waals surface area contributed by atoms with Crippen molar-refractivity contribution in [2.24, 2.45) is 16.0 Å². The minimum absolute atomic E-state index is 0.0532. The van der Waals surface area contributed by atoms with Gasteiger partial charge in [0.1, 0.15) is 5.76 Å². The van der Waals surface area contributed by atoms with Crippen LogP contribution in [0.3, 0.4) is 0 Å². The fourth-order valence-electron chi connectivity index (χ4n) is 1.10. The van der Waals surface area contributed by atoms with E-state index in [1.807, 2.05) is 0 Å². The number of aromatic amines is 1. The van der Waals surface area contributed by atoms with E-state index in [0.717, 1.165) is 0 Å². The highest BCUT2D eigenvalue weighted by molar-refractivity contribution is 5.95. The van der Waals surface area contributed by atoms with Gasteiger partial charge in [0.05, 0.1) is 12.9 Å². The number of aliphatic hydroxyl groups is 1. The lowest BCUT2D eigenvalue weighted by molar-refractivity contribution is -0.138. The van der Waals surface area contributed by atoms with Gasteiger partial charge in [-0.3, -0.25) is 4.79 Å². The second kappa shape index (κ2) is 6.28. The third-order valence-electron chi connectivity index (χ3n) is 1.92. The molecule has 0 aliphatic carbocycles. The number of carbonyl (C=O) groups excluding carboxylic acids is 2. The molecule has 19 heavy (non-hydrogen) atoms. The first-order valence-electron chi connectivity index (χ1n) is 5.29. The number of aromatic nitrogens is 2. The van der Waals surface area contributed by atoms with Crippen LogP contribution in [0.25, 0.3) is 0 Å². The molecule has 4 N–H and O–H groups in total. The number of H-pyrrole nitrogens is 1. The van der Waals surface area contributed by atoms with Crippen LogP contribution >= 0.6 is 0 Å². The quantitative estimate of drug-likeness (QED) is 0.315. The lowest BCUT2D eigenvalue weighted by Crippen LogP contribution is -2.11. The highest BCUT2D eigenvalue weighted by atomic mass is 16.5. The molecule has 0 spiro atoms. The molecule has 1 aromatic rings. The molecule has 1 aromatic heterocycles. The van der Waals surface area contributed by atoms with Crippen molar-refractivity contribution in [1.82, 2.24) is 9.97 Å². The molecule has 102 valence electrons. The zero-order chi connectivity index (χ0) is 14.4. The van der Waals surface area contributed by atoms with Gasteiger partial charge in [-0.15, -0.1) is 10.2 Å². The summed E-state index contributed by atoms with van der Waals surface area (Å²) in [7, 11) is 0. The molecular weight excluding hydrogens is 254 g/mol. The number of hydrogen-bond donors (Lipinski definition) is 3. The molecule has 0 aliphatic heterocycles. The number of esters is 1. The molecule has 0 bridgehead atoms. The van der Waals surface area contributed by atoms with E-state index in [0.29, 0.717) is 0 Å². The number of aliphatic hydroxyl groups excluding tert-OH is 1. The average Bonchev–Trinajstić information content (AvgIpc) is 2.77. The standard InChI is InChI=1S/C10H13N5O4/c1-3-19-10(18)6(5(2)16)14-15-9-7(8(11)17)12-4-13-9/h4,16H,3H2,1-2H3,(H2,11,17)(H,12,13). The Morgan fingerprint density at radius 2 is 2.26 bits per heavy atom. The Morgan fingerprint density at radius 3 is 2.79 bits per heavy atom. The number of nitrogens with two attached hydrogens (primary N) is 1. The third-order valence-corrected chi connectivity index (χ3v) is 1.92. The number of hydrogen-bond acceptors (Lipinski definition) is 7. The maximum absolute atomic E-state index is 11.4. The van der Waals surface area contributed by atoms with Crippen LogP contribution in [-0.2, 0) is 9.53 Å². The van der Waals surface area contributed by atoms with Crippen LogP contribution in [0.1, 0.15) is 24.3 Å². The van der Waals surface area contributed by atoms with Crippen molar-refractivity contribution in [3.05, 3.63) is 23.5 Å². The molecule has 0 atom stereocenters. The monoisotopic (exact) mass is 267 g/mol. The van der Waals surface area contributed by atoms with Crippen molar-refractivity contribution in [1.29, 1.82) is 0 Å². The van der Waals surface area contributed by atoms with E-state index in [1.54, 1.807) is 6.92 Å². The molecule has 0 aromatic carbocycles. The number of allylic oxidation sites excluding steroid dienone is 1. The summed E-state index contributed by atoms with van der Waals surface area (Å²) >= 11 is 0. The van der Waals surface area contributed by atoms with Gasteiger partial charge < -0.3 is 20.6 Å². The molecular formula is C10H13N5O4. The number of primary amides is 1. The second-order valence-corrected chi connectivity index (χ2v) is 3.32. The maximum Gasteiger partial charge on any atom is 0.362 e. The summed E-state index contributed by atoms with van der Waals surface area (Å²) in [5.74, 6) is -2.05. The van der Waals surface area contributed by atoms with Gasteiger partial charge in [-0.2, -0.15) is 0 Å². The normalized spacial score (nSPS) is 12.3. The number of azo groups is 1. The number of imidazole rings is 1. The molecule has 0 radical (unpaired) electrons. The minimum atomic E-state index is -0.831. The van der Waals surface area contributed by atoms with Gasteiger partial charge in [-0.25, -0.2) is 9.78 Å². The van der Waals surface area contributed by atoms with E-state index < -0.39 is 11.9 Å². The summed E-state index contributed by atoms with van der Waals surface area (Å²) < 4.78 is 4.68. The fourth-order valence-corrected chi connectivity index (χ4v) is 1.10. The van der Waals surface area contributed by atoms with Crippen LogP contribution in [0.5, 0.6) is 0 Å². The zero-order valence-corrected chi connectivity index (χ0v) is 10.4. The highest BCUT2D eigenvalue weighted by Crippen LogP contribution is 2.16. The molecule has 0 fully saturated rings. The number of nitrogens with zero attached hydrogens (tertiary/aromatic N) is 3. The summed E-state index contributed by atoms with van der Waals surface area (Å²) in [4.78, 5) is 28.6. The smallest absolute Gasteiger partial charge is 0.362 e. The van der Waals surface area contributed by atoms with Gasteiger partial charge in [-0.05, 0) is 13.8 Å². The fraction of sp³-hybridized carbons (Fsp3) is 0.300. The van der Waals surface area contributed by atoms with E-state index in [4.69, 9.17) is 5.73 Å². The summed E-state index contributed by atoms with van der Waals surface area (Å²) in [6.45, 7) is 2.99. The highest BCUT2D eigenvalue weighted by Gasteiger charge is 2.15. The Bertz CT molecular complexity index is 542. The van der Waals surface area contributed by atoms with Crippen molar-refractivity contribution >= 4 is 17.7 Å². The lowest BCUT2D eigenvalue weighted by Gasteiger charge is -2.01. The van der Waals surface area contributed by atoms with Gasteiger partial charge in [0.25, 0.3) is 5.91 Å². The molecule has 1 heterocycles. The van der Waals surface area contributed by atoms with Crippen molar-refractivity contribution in [2.75, 3.05) is 6.61 Å². The number of nitrogens with one attached hydrogen (secondary N) is 1. The van der Waals surface area contributed by atoms with E-state index in [1.165, 1.54) is 13.3 Å². The largest absolute Gasteiger partial charge is 0.510 e. The molecule has 0 aliphatic rings. The summed E-state index contributed by atoms with van der Waals surface area (Å²) in [6, 6.07) is 0. The Labute approximate surface area is 108 Å². The van der Waals surface area contributed by atoms with Crippen molar-refractivity contribution in [3.8, 4) is 0 Å². The molecule has 0 unspecified atom stereocenters. The topological polar surface area (TPSA) is 143 Å². The Kier molecular flexibility index (Phi) is 4.75. The van der Waals surface area contributed by atoms with E-state index >= 15 is 0 Å². The predicted octanol–water partition coefficient (Wildman–Crippen LogP) is 0.945. The Morgan fingerprint density at radius 1 is 1.58 bits per heavy atom. The molecule has 0 saturated carbocycles. The predicted molar refractivity (Wildman–Crippen MR) is 63.6 cm³/mol. The molecule has 9 nitrogen and oxygen atoms in total. The second-order valence-electron chi connectivity index (χ2n) is 3.32. The van der Waals surface area contributed by atoms with Crippen LogP contribution in [0.2, 0.25) is 0 Å². The molecule has 1 amide bonds. The zero-order valence-electron chi connectivity index (χ0n) is 10.4. The van der Waals surface area contributed by atoms with E-state index in [9.17, 15) is 14.7 Å². The summed E-state index contributed by atoms with van der Waals surface area (Å²) in [6.07, 6.45) is 1.20. The average molecular weight is 267 g/mol. The molecule has 9 heteroatoms. The lowest BCUT2D eigenvalue weighted by atomic mass is 10.4. The molecule has 0 saturated heterocycles. The van der Waals surface area contributed by atoms with Crippen LogP contribution in [0.15, 0.2) is 28.0 Å². The first-order valence-corrected chi connectivity index (χ1v) is 5.29. The number of carbonyl (C=O) groups is 2. The molecule has 1 rings (SSSR count). The van der Waals surface area contributed by atoms with Gasteiger partial charge in [0, 0.05) is 0 Å². The Balaban J connectivity index is 3.01.